The zero-order valence-corrected chi connectivity index (χ0v) is 15.8. The van der Waals surface area contributed by atoms with Crippen LogP contribution in [0.4, 0.5) is 0 Å². The van der Waals surface area contributed by atoms with Gasteiger partial charge < -0.3 is 4.74 Å². The maximum absolute atomic E-state index is 12.2. The van der Waals surface area contributed by atoms with Crippen molar-refractivity contribution in [3.05, 3.63) is 23.4 Å². The van der Waals surface area contributed by atoms with Gasteiger partial charge in [0.05, 0.1) is 15.2 Å². The van der Waals surface area contributed by atoms with Crippen molar-refractivity contribution < 1.29 is 9.53 Å². The molecule has 0 spiro atoms. The van der Waals surface area contributed by atoms with Crippen LogP contribution in [-0.4, -0.2) is 21.2 Å². The molecule has 0 heterocycles. The molecule has 0 radical (unpaired) electrons. The maximum Gasteiger partial charge on any atom is 0.329 e. The van der Waals surface area contributed by atoms with Crippen molar-refractivity contribution in [2.24, 2.45) is 0 Å². The molecule has 0 bridgehead atoms. The van der Waals surface area contributed by atoms with Gasteiger partial charge in [-0.05, 0) is 19.3 Å². The monoisotopic (exact) mass is 310 g/mol. The summed E-state index contributed by atoms with van der Waals surface area (Å²) in [4.78, 5) is 12.2. The third-order valence-corrected chi connectivity index (χ3v) is 5.77. The topological polar surface area (TPSA) is 26.3 Å². The summed E-state index contributed by atoms with van der Waals surface area (Å²) in [5.41, 5.74) is 1.26. The van der Waals surface area contributed by atoms with Crippen molar-refractivity contribution in [2.45, 2.75) is 77.9 Å². The first-order valence-corrected chi connectivity index (χ1v) is 11.8. The molecular weight excluding hydrogens is 276 g/mol. The smallest absolute Gasteiger partial charge is 0.329 e. The number of rotatable bonds is 11. The van der Waals surface area contributed by atoms with Crippen LogP contribution in [0.1, 0.15) is 58.3 Å². The Balaban J connectivity index is 4.83. The van der Waals surface area contributed by atoms with E-state index in [4.69, 9.17) is 4.74 Å². The molecule has 0 aliphatic heterocycles. The van der Waals surface area contributed by atoms with Crippen LogP contribution in [0.5, 0.6) is 0 Å². The molecule has 0 unspecified atom stereocenters. The highest BCUT2D eigenvalue weighted by Crippen LogP contribution is 2.26. The Bertz CT molecular complexity index is 351. The van der Waals surface area contributed by atoms with Gasteiger partial charge in [0.1, 0.15) is 0 Å². The van der Waals surface area contributed by atoms with Crippen molar-refractivity contribution >= 4 is 14.0 Å². The van der Waals surface area contributed by atoms with Gasteiger partial charge in [-0.1, -0.05) is 70.3 Å². The van der Waals surface area contributed by atoms with Gasteiger partial charge in [-0.3, -0.25) is 0 Å². The molecule has 0 N–H and O–H groups in total. The van der Waals surface area contributed by atoms with Gasteiger partial charge in [0.25, 0.3) is 0 Å². The number of carbonyl (C=O) groups excluding carboxylic acids is 1. The number of unbranched alkanes of at least 4 members (excludes halogenated alkanes) is 5. The second-order valence-corrected chi connectivity index (χ2v) is 11.7. The van der Waals surface area contributed by atoms with Crippen molar-refractivity contribution in [1.82, 2.24) is 0 Å². The fourth-order valence-corrected chi connectivity index (χ4v) is 4.71. The lowest BCUT2D eigenvalue weighted by atomic mass is 10.0. The first-order chi connectivity index (χ1) is 9.88. The van der Waals surface area contributed by atoms with E-state index in [-0.39, 0.29) is 5.97 Å². The van der Waals surface area contributed by atoms with Crippen LogP contribution in [0.25, 0.3) is 0 Å². The molecule has 0 aromatic carbocycles. The SMILES string of the molecule is C=CC/C(CCCCCCCC)=C(/C(=O)OC)[Si](C)(C)C. The summed E-state index contributed by atoms with van der Waals surface area (Å²) in [6.45, 7) is 12.7. The Labute approximate surface area is 132 Å². The number of hydrogen-bond donors (Lipinski definition) is 0. The van der Waals surface area contributed by atoms with Gasteiger partial charge >= 0.3 is 5.97 Å². The molecule has 0 atom stereocenters. The van der Waals surface area contributed by atoms with Crippen molar-refractivity contribution in [2.75, 3.05) is 7.11 Å². The van der Waals surface area contributed by atoms with Crippen LogP contribution < -0.4 is 0 Å². The molecule has 21 heavy (non-hydrogen) atoms. The molecule has 0 rings (SSSR count). The summed E-state index contributed by atoms with van der Waals surface area (Å²) in [5, 5.41) is 0.971. The predicted molar refractivity (Wildman–Crippen MR) is 95.2 cm³/mol. The lowest BCUT2D eigenvalue weighted by Gasteiger charge is -2.23. The Morgan fingerprint density at radius 2 is 1.67 bits per heavy atom. The molecule has 0 aliphatic carbocycles. The number of esters is 1. The molecule has 0 aliphatic rings. The fraction of sp³-hybridized carbons (Fsp3) is 0.722. The van der Waals surface area contributed by atoms with Crippen LogP contribution in [0.15, 0.2) is 23.4 Å². The Hall–Kier alpha value is -0.833. The Morgan fingerprint density at radius 3 is 2.14 bits per heavy atom. The van der Waals surface area contributed by atoms with Gasteiger partial charge in [0.2, 0.25) is 0 Å². The van der Waals surface area contributed by atoms with Crippen molar-refractivity contribution in [3.8, 4) is 0 Å². The number of carbonyl (C=O) groups is 1. The molecule has 0 aromatic heterocycles. The zero-order valence-electron chi connectivity index (χ0n) is 14.8. The largest absolute Gasteiger partial charge is 0.466 e. The van der Waals surface area contributed by atoms with Crippen LogP contribution in [0.3, 0.4) is 0 Å². The number of allylic oxidation sites excluding steroid dienone is 2. The number of ether oxygens (including phenoxy) is 1. The average molecular weight is 311 g/mol. The van der Waals surface area contributed by atoms with Crippen LogP contribution in [-0.2, 0) is 9.53 Å². The van der Waals surface area contributed by atoms with Crippen molar-refractivity contribution in [1.29, 1.82) is 0 Å². The van der Waals surface area contributed by atoms with E-state index in [1.807, 2.05) is 6.08 Å². The molecule has 0 saturated carbocycles. The summed E-state index contributed by atoms with van der Waals surface area (Å²) in [6, 6.07) is 0. The highest BCUT2D eigenvalue weighted by Gasteiger charge is 2.29. The third kappa shape index (κ3) is 8.25. The van der Waals surface area contributed by atoms with E-state index in [1.54, 1.807) is 0 Å². The molecule has 0 fully saturated rings. The lowest BCUT2D eigenvalue weighted by molar-refractivity contribution is -0.135. The zero-order chi connectivity index (χ0) is 16.3. The Morgan fingerprint density at radius 1 is 1.10 bits per heavy atom. The molecule has 122 valence electrons. The highest BCUT2D eigenvalue weighted by atomic mass is 28.3. The molecule has 2 nitrogen and oxygen atoms in total. The molecule has 0 amide bonds. The second-order valence-electron chi connectivity index (χ2n) is 6.73. The van der Waals surface area contributed by atoms with E-state index in [2.05, 4.69) is 33.1 Å². The van der Waals surface area contributed by atoms with E-state index in [9.17, 15) is 4.79 Å². The lowest BCUT2D eigenvalue weighted by Crippen LogP contribution is -2.32. The number of methoxy groups -OCH3 is 1. The Kier molecular flexibility index (Phi) is 10.4. The molecule has 0 saturated heterocycles. The normalized spacial score (nSPS) is 12.8. The third-order valence-electron chi connectivity index (χ3n) is 3.72. The number of hydrogen-bond acceptors (Lipinski definition) is 2. The first-order valence-electron chi connectivity index (χ1n) is 8.30. The minimum absolute atomic E-state index is 0.128. The maximum atomic E-state index is 12.2. The van der Waals surface area contributed by atoms with Gasteiger partial charge in [-0.2, -0.15) is 0 Å². The highest BCUT2D eigenvalue weighted by molar-refractivity contribution is 6.87. The summed E-state index contributed by atoms with van der Waals surface area (Å²) >= 11 is 0. The van der Waals surface area contributed by atoms with Gasteiger partial charge in [0.15, 0.2) is 0 Å². The predicted octanol–water partition coefficient (Wildman–Crippen LogP) is 5.66. The van der Waals surface area contributed by atoms with E-state index >= 15 is 0 Å². The van der Waals surface area contributed by atoms with Crippen LogP contribution >= 0.6 is 0 Å². The minimum Gasteiger partial charge on any atom is -0.466 e. The van der Waals surface area contributed by atoms with Crippen LogP contribution in [0, 0.1) is 0 Å². The summed E-state index contributed by atoms with van der Waals surface area (Å²) < 4.78 is 5.03. The van der Waals surface area contributed by atoms with E-state index in [0.29, 0.717) is 0 Å². The van der Waals surface area contributed by atoms with Gasteiger partial charge in [-0.25, -0.2) is 4.79 Å². The average Bonchev–Trinajstić information content (AvgIpc) is 2.41. The van der Waals surface area contributed by atoms with Gasteiger partial charge in [-0.15, -0.1) is 6.58 Å². The molecule has 0 aromatic rings. The summed E-state index contributed by atoms with van der Waals surface area (Å²) in [5.74, 6) is -0.128. The van der Waals surface area contributed by atoms with Crippen molar-refractivity contribution in [3.63, 3.8) is 0 Å². The molecular formula is C18H34O2Si. The molecule has 3 heteroatoms. The fourth-order valence-electron chi connectivity index (χ4n) is 2.70. The van der Waals surface area contributed by atoms with E-state index < -0.39 is 8.07 Å². The summed E-state index contributed by atoms with van der Waals surface area (Å²) in [6.07, 6.45) is 11.4. The second kappa shape index (κ2) is 10.8. The quantitative estimate of drug-likeness (QED) is 0.162. The first kappa shape index (κ1) is 20.2. The standard InChI is InChI=1S/C18H34O2Si/c1-7-9-10-11-12-13-15-16(14-8-2)17(18(19)20-3)21(4,5)6/h8H,2,7,9-15H2,1,3-6H3/b17-16+. The summed E-state index contributed by atoms with van der Waals surface area (Å²) in [7, 11) is -0.210. The van der Waals surface area contributed by atoms with E-state index in [1.165, 1.54) is 44.8 Å². The van der Waals surface area contributed by atoms with E-state index in [0.717, 1.165) is 24.5 Å². The van der Waals surface area contributed by atoms with Gasteiger partial charge in [0, 0.05) is 5.20 Å². The minimum atomic E-state index is -1.69. The van der Waals surface area contributed by atoms with Crippen LogP contribution in [0.2, 0.25) is 19.6 Å².